The van der Waals surface area contributed by atoms with Crippen molar-refractivity contribution in [1.82, 2.24) is 0 Å². The van der Waals surface area contributed by atoms with E-state index in [9.17, 15) is 8.42 Å². The summed E-state index contributed by atoms with van der Waals surface area (Å²) in [5.41, 5.74) is 0.764. The number of ether oxygens (including phenoxy) is 2. The van der Waals surface area contributed by atoms with Crippen molar-refractivity contribution < 1.29 is 17.9 Å². The zero-order valence-corrected chi connectivity index (χ0v) is 10.6. The summed E-state index contributed by atoms with van der Waals surface area (Å²) in [6.45, 7) is 3.19. The summed E-state index contributed by atoms with van der Waals surface area (Å²) in [5, 5.41) is 5.17. The number of hydrogen-bond donors (Lipinski definition) is 1. The van der Waals surface area contributed by atoms with Crippen molar-refractivity contribution in [2.75, 3.05) is 20.3 Å². The van der Waals surface area contributed by atoms with Gasteiger partial charge in [0.25, 0.3) is 0 Å². The molecule has 6 heteroatoms. The summed E-state index contributed by atoms with van der Waals surface area (Å²) in [4.78, 5) is 0.0191. The highest BCUT2D eigenvalue weighted by atomic mass is 32.2. The SMILES string of the molecule is COc1ccc(C2(C)COC2)cc1S(N)(=O)=O. The van der Waals surface area contributed by atoms with Gasteiger partial charge in [-0.25, -0.2) is 13.6 Å². The molecule has 1 aromatic rings. The van der Waals surface area contributed by atoms with Crippen LogP contribution in [0.1, 0.15) is 12.5 Å². The molecule has 1 saturated heterocycles. The zero-order valence-electron chi connectivity index (χ0n) is 9.76. The molecular weight excluding hydrogens is 242 g/mol. The van der Waals surface area contributed by atoms with Crippen molar-refractivity contribution in [3.8, 4) is 5.75 Å². The Bertz CT molecular complexity index is 534. The van der Waals surface area contributed by atoms with Gasteiger partial charge < -0.3 is 9.47 Å². The predicted octanol–water partition coefficient (Wildman–Crippen LogP) is 0.631. The van der Waals surface area contributed by atoms with E-state index < -0.39 is 10.0 Å². The monoisotopic (exact) mass is 257 g/mol. The minimum Gasteiger partial charge on any atom is -0.495 e. The molecule has 1 fully saturated rings. The van der Waals surface area contributed by atoms with Gasteiger partial charge >= 0.3 is 0 Å². The molecule has 5 nitrogen and oxygen atoms in total. The molecule has 1 heterocycles. The third-order valence-corrected chi connectivity index (χ3v) is 3.94. The summed E-state index contributed by atoms with van der Waals surface area (Å²) in [6.07, 6.45) is 0. The van der Waals surface area contributed by atoms with Gasteiger partial charge in [-0.05, 0) is 17.7 Å². The van der Waals surface area contributed by atoms with Crippen molar-refractivity contribution in [3.63, 3.8) is 0 Å². The second-order valence-corrected chi connectivity index (χ2v) is 5.99. The lowest BCUT2D eigenvalue weighted by Crippen LogP contribution is -2.43. The van der Waals surface area contributed by atoms with E-state index in [4.69, 9.17) is 14.6 Å². The van der Waals surface area contributed by atoms with Gasteiger partial charge in [-0.15, -0.1) is 0 Å². The Morgan fingerprint density at radius 1 is 1.41 bits per heavy atom. The van der Waals surface area contributed by atoms with E-state index in [-0.39, 0.29) is 16.1 Å². The number of sulfonamides is 1. The number of nitrogens with two attached hydrogens (primary N) is 1. The van der Waals surface area contributed by atoms with Gasteiger partial charge in [0.2, 0.25) is 10.0 Å². The van der Waals surface area contributed by atoms with Crippen molar-refractivity contribution in [2.45, 2.75) is 17.2 Å². The molecule has 0 unspecified atom stereocenters. The van der Waals surface area contributed by atoms with E-state index in [1.807, 2.05) is 13.0 Å². The molecule has 2 rings (SSSR count). The minimum absolute atomic E-state index is 0.0191. The van der Waals surface area contributed by atoms with Crippen molar-refractivity contribution in [3.05, 3.63) is 23.8 Å². The van der Waals surface area contributed by atoms with E-state index in [0.717, 1.165) is 5.56 Å². The average molecular weight is 257 g/mol. The fourth-order valence-electron chi connectivity index (χ4n) is 1.85. The maximum absolute atomic E-state index is 11.5. The van der Waals surface area contributed by atoms with E-state index in [1.54, 1.807) is 12.1 Å². The van der Waals surface area contributed by atoms with Crippen LogP contribution < -0.4 is 9.88 Å². The standard InChI is InChI=1S/C11H15NO4S/c1-11(6-16-7-11)8-3-4-9(15-2)10(5-8)17(12,13)14/h3-5H,6-7H2,1-2H3,(H2,12,13,14). The third kappa shape index (κ3) is 2.15. The highest BCUT2D eigenvalue weighted by Crippen LogP contribution is 2.35. The molecule has 0 radical (unpaired) electrons. The summed E-state index contributed by atoms with van der Waals surface area (Å²) in [5.74, 6) is 0.264. The average Bonchev–Trinajstić information content (AvgIpc) is 2.24. The van der Waals surface area contributed by atoms with E-state index in [0.29, 0.717) is 13.2 Å². The maximum Gasteiger partial charge on any atom is 0.241 e. The maximum atomic E-state index is 11.5. The second-order valence-electron chi connectivity index (χ2n) is 4.46. The molecule has 17 heavy (non-hydrogen) atoms. The van der Waals surface area contributed by atoms with Gasteiger partial charge in [0, 0.05) is 5.41 Å². The highest BCUT2D eigenvalue weighted by Gasteiger charge is 2.36. The molecule has 0 aromatic heterocycles. The lowest BCUT2D eigenvalue weighted by Gasteiger charge is -2.38. The Morgan fingerprint density at radius 2 is 2.06 bits per heavy atom. The van der Waals surface area contributed by atoms with Gasteiger partial charge in [0.1, 0.15) is 10.6 Å². The van der Waals surface area contributed by atoms with Crippen LogP contribution in [0.3, 0.4) is 0 Å². The second kappa shape index (κ2) is 3.97. The number of hydrogen-bond acceptors (Lipinski definition) is 4. The molecule has 0 aliphatic carbocycles. The van der Waals surface area contributed by atoms with Gasteiger partial charge in [0.05, 0.1) is 20.3 Å². The molecule has 2 N–H and O–H groups in total. The molecule has 0 bridgehead atoms. The van der Waals surface area contributed by atoms with Crippen LogP contribution in [-0.2, 0) is 20.2 Å². The summed E-state index contributed by atoms with van der Waals surface area (Å²) >= 11 is 0. The van der Waals surface area contributed by atoms with Crippen molar-refractivity contribution >= 4 is 10.0 Å². The first-order valence-corrected chi connectivity index (χ1v) is 6.70. The molecule has 1 aliphatic heterocycles. The first-order chi connectivity index (χ1) is 7.87. The fraction of sp³-hybridized carbons (Fsp3) is 0.455. The van der Waals surface area contributed by atoms with Crippen LogP contribution in [0.2, 0.25) is 0 Å². The van der Waals surface area contributed by atoms with Crippen molar-refractivity contribution in [2.24, 2.45) is 5.14 Å². The van der Waals surface area contributed by atoms with Crippen LogP contribution in [0.15, 0.2) is 23.1 Å². The molecule has 0 spiro atoms. The van der Waals surface area contributed by atoms with Crippen LogP contribution >= 0.6 is 0 Å². The van der Waals surface area contributed by atoms with Gasteiger partial charge in [-0.1, -0.05) is 13.0 Å². The molecule has 94 valence electrons. The van der Waals surface area contributed by atoms with Crippen LogP contribution in [0, 0.1) is 0 Å². The highest BCUT2D eigenvalue weighted by molar-refractivity contribution is 7.89. The number of rotatable bonds is 3. The number of benzene rings is 1. The first kappa shape index (κ1) is 12.3. The first-order valence-electron chi connectivity index (χ1n) is 5.16. The Kier molecular flexibility index (Phi) is 2.89. The van der Waals surface area contributed by atoms with E-state index in [1.165, 1.54) is 7.11 Å². The van der Waals surface area contributed by atoms with Crippen LogP contribution in [0.5, 0.6) is 5.75 Å². The smallest absolute Gasteiger partial charge is 0.241 e. The lowest BCUT2D eigenvalue weighted by molar-refractivity contribution is -0.0501. The van der Waals surface area contributed by atoms with E-state index in [2.05, 4.69) is 0 Å². The van der Waals surface area contributed by atoms with Crippen molar-refractivity contribution in [1.29, 1.82) is 0 Å². The lowest BCUT2D eigenvalue weighted by atomic mass is 9.81. The molecule has 0 saturated carbocycles. The molecular formula is C11H15NO4S. The minimum atomic E-state index is -3.78. The van der Waals surface area contributed by atoms with Gasteiger partial charge in [-0.3, -0.25) is 0 Å². The predicted molar refractivity (Wildman–Crippen MR) is 62.5 cm³/mol. The quantitative estimate of drug-likeness (QED) is 0.861. The molecule has 0 atom stereocenters. The summed E-state index contributed by atoms with van der Waals surface area (Å²) in [7, 11) is -2.36. The summed E-state index contributed by atoms with van der Waals surface area (Å²) in [6, 6.07) is 5.03. The Morgan fingerprint density at radius 3 is 2.47 bits per heavy atom. The Labute approximate surface area is 101 Å². The fourth-order valence-corrected chi connectivity index (χ4v) is 2.57. The van der Waals surface area contributed by atoms with Gasteiger partial charge in [-0.2, -0.15) is 0 Å². The molecule has 1 aromatic carbocycles. The van der Waals surface area contributed by atoms with Crippen LogP contribution in [0.25, 0.3) is 0 Å². The largest absolute Gasteiger partial charge is 0.495 e. The Hall–Kier alpha value is -1.11. The topological polar surface area (TPSA) is 78.6 Å². The van der Waals surface area contributed by atoms with Gasteiger partial charge in [0.15, 0.2) is 0 Å². The molecule has 1 aliphatic rings. The normalized spacial score (nSPS) is 18.5. The van der Waals surface area contributed by atoms with Crippen LogP contribution in [-0.4, -0.2) is 28.7 Å². The van der Waals surface area contributed by atoms with E-state index >= 15 is 0 Å². The van der Waals surface area contributed by atoms with Crippen LogP contribution in [0.4, 0.5) is 0 Å². The third-order valence-electron chi connectivity index (χ3n) is 3.01. The molecule has 0 amide bonds. The number of primary sulfonamides is 1. The number of methoxy groups -OCH3 is 1. The summed E-state index contributed by atoms with van der Waals surface area (Å²) < 4.78 is 33.1. The Balaban J connectivity index is 2.53. The zero-order chi connectivity index (χ0) is 12.7.